The van der Waals surface area contributed by atoms with E-state index in [1.165, 1.54) is 44.5 Å². The molecule has 0 aromatic heterocycles. The Hall–Kier alpha value is -7.42. The van der Waals surface area contributed by atoms with E-state index in [0.29, 0.717) is 0 Å². The van der Waals surface area contributed by atoms with Crippen LogP contribution in [-0.2, 0) is 5.41 Å². The molecule has 58 heavy (non-hydrogen) atoms. The average Bonchev–Trinajstić information content (AvgIpc) is 3.56. The minimum atomic E-state index is -0.319. The summed E-state index contributed by atoms with van der Waals surface area (Å²) >= 11 is 0. The molecular weight excluding hydrogens is 703 g/mol. The van der Waals surface area contributed by atoms with Crippen molar-refractivity contribution in [2.45, 2.75) is 12.3 Å². The third-order valence-corrected chi connectivity index (χ3v) is 11.9. The van der Waals surface area contributed by atoms with Gasteiger partial charge < -0.3 is 10.0 Å². The second kappa shape index (κ2) is 14.6. The summed E-state index contributed by atoms with van der Waals surface area (Å²) in [4.78, 5) is 2.30. The minimum absolute atomic E-state index is 0.272. The summed E-state index contributed by atoms with van der Waals surface area (Å²) in [6, 6.07) is 79.2. The van der Waals surface area contributed by atoms with Crippen molar-refractivity contribution >= 4 is 17.1 Å². The van der Waals surface area contributed by atoms with Crippen LogP contribution in [0.1, 0.15) is 23.6 Å². The molecule has 276 valence electrons. The largest absolute Gasteiger partial charge is 0.507 e. The van der Waals surface area contributed by atoms with E-state index in [0.717, 1.165) is 44.9 Å². The van der Waals surface area contributed by atoms with Gasteiger partial charge in [-0.3, -0.25) is 0 Å². The van der Waals surface area contributed by atoms with Crippen LogP contribution in [0.15, 0.2) is 224 Å². The van der Waals surface area contributed by atoms with Crippen LogP contribution in [0.4, 0.5) is 17.1 Å². The summed E-state index contributed by atoms with van der Waals surface area (Å²) in [5, 5.41) is 12.0. The van der Waals surface area contributed by atoms with Crippen LogP contribution in [0.3, 0.4) is 0 Å². The van der Waals surface area contributed by atoms with Crippen molar-refractivity contribution in [3.8, 4) is 61.4 Å². The van der Waals surface area contributed by atoms with Gasteiger partial charge in [-0.05, 0) is 111 Å². The smallest absolute Gasteiger partial charge is 0.131 e. The second-order valence-corrected chi connectivity index (χ2v) is 15.2. The van der Waals surface area contributed by atoms with Crippen molar-refractivity contribution in [1.82, 2.24) is 0 Å². The van der Waals surface area contributed by atoms with Gasteiger partial charge in [0.1, 0.15) is 5.75 Å². The normalized spacial score (nSPS) is 12.4. The molecule has 1 aliphatic rings. The molecule has 9 aromatic rings. The van der Waals surface area contributed by atoms with Crippen LogP contribution in [0, 0.1) is 0 Å². The van der Waals surface area contributed by atoms with Crippen LogP contribution in [-0.4, -0.2) is 5.11 Å². The van der Waals surface area contributed by atoms with E-state index in [4.69, 9.17) is 0 Å². The highest BCUT2D eigenvalue weighted by Gasteiger charge is 2.40. The number of fused-ring (bicyclic) bond motifs is 3. The number of hydrogen-bond acceptors (Lipinski definition) is 2. The van der Waals surface area contributed by atoms with Gasteiger partial charge in [-0.1, -0.05) is 182 Å². The molecule has 0 amide bonds. The number of anilines is 3. The monoisotopic (exact) mass is 743 g/mol. The highest BCUT2D eigenvalue weighted by atomic mass is 16.3. The quantitative estimate of drug-likeness (QED) is 0.168. The molecule has 0 fully saturated rings. The van der Waals surface area contributed by atoms with Crippen molar-refractivity contribution in [1.29, 1.82) is 0 Å². The highest BCUT2D eigenvalue weighted by Crippen LogP contribution is 2.53. The molecule has 9 aromatic carbocycles. The van der Waals surface area contributed by atoms with Gasteiger partial charge in [-0.25, -0.2) is 0 Å². The van der Waals surface area contributed by atoms with Gasteiger partial charge in [-0.2, -0.15) is 0 Å². The van der Waals surface area contributed by atoms with E-state index < -0.39 is 0 Å². The van der Waals surface area contributed by atoms with Crippen LogP contribution in [0.5, 0.6) is 5.75 Å². The van der Waals surface area contributed by atoms with Gasteiger partial charge in [0, 0.05) is 33.6 Å². The Kier molecular flexibility index (Phi) is 8.81. The summed E-state index contributed by atoms with van der Waals surface area (Å²) < 4.78 is 0. The Morgan fingerprint density at radius 2 is 0.759 bits per heavy atom. The fourth-order valence-corrected chi connectivity index (χ4v) is 8.90. The van der Waals surface area contributed by atoms with E-state index in [-0.39, 0.29) is 11.2 Å². The number of hydrogen-bond donors (Lipinski definition) is 1. The average molecular weight is 744 g/mol. The molecule has 0 unspecified atom stereocenters. The zero-order valence-corrected chi connectivity index (χ0v) is 32.3. The van der Waals surface area contributed by atoms with Crippen molar-refractivity contribution in [3.63, 3.8) is 0 Å². The van der Waals surface area contributed by atoms with Crippen LogP contribution in [0.25, 0.3) is 55.6 Å². The fraction of sp³-hybridized carbons (Fsp3) is 0.0357. The first kappa shape index (κ1) is 35.0. The van der Waals surface area contributed by atoms with Gasteiger partial charge in [0.2, 0.25) is 0 Å². The Balaban J connectivity index is 1.01. The fourth-order valence-electron chi connectivity index (χ4n) is 8.90. The lowest BCUT2D eigenvalue weighted by Gasteiger charge is -2.29. The molecule has 1 aliphatic carbocycles. The number of para-hydroxylation sites is 1. The number of benzene rings is 9. The van der Waals surface area contributed by atoms with Crippen LogP contribution >= 0.6 is 0 Å². The predicted octanol–water partition coefficient (Wildman–Crippen LogP) is 14.9. The summed E-state index contributed by atoms with van der Waals surface area (Å²) in [6.45, 7) is 2.33. The predicted molar refractivity (Wildman–Crippen MR) is 242 cm³/mol. The van der Waals surface area contributed by atoms with Gasteiger partial charge in [0.25, 0.3) is 0 Å². The van der Waals surface area contributed by atoms with Crippen molar-refractivity contribution in [2.24, 2.45) is 0 Å². The second-order valence-electron chi connectivity index (χ2n) is 15.2. The third-order valence-electron chi connectivity index (χ3n) is 11.9. The molecule has 1 N–H and O–H groups in total. The maximum Gasteiger partial charge on any atom is 0.131 e. The molecule has 2 nitrogen and oxygen atoms in total. The zero-order chi connectivity index (χ0) is 39.1. The van der Waals surface area contributed by atoms with Gasteiger partial charge in [-0.15, -0.1) is 0 Å². The lowest BCUT2D eigenvalue weighted by Crippen LogP contribution is -2.22. The lowest BCUT2D eigenvalue weighted by molar-refractivity contribution is 0.479. The SMILES string of the molecule is CC1(c2cccc(-c3cccc(-c4ccc(N(c5ccc(-c6ccccc6)cc5)c5cccc(-c6ccccc6)c5)cc4)c3O)c2)c2ccccc2-c2ccccc21. The maximum atomic E-state index is 12.0. The number of phenolic OH excluding ortho intramolecular Hbond substituents is 1. The van der Waals surface area contributed by atoms with E-state index in [1.54, 1.807) is 0 Å². The Morgan fingerprint density at radius 1 is 0.328 bits per heavy atom. The molecule has 0 spiro atoms. The number of rotatable bonds is 8. The minimum Gasteiger partial charge on any atom is -0.507 e. The molecular formula is C56H41NO. The van der Waals surface area contributed by atoms with Gasteiger partial charge in [0.15, 0.2) is 0 Å². The standard InChI is InChI=1S/C56H41NO/c1-56(53-27-10-8-23-51(53)52-24-9-11-28-54(52)56)45-21-12-20-44(37-45)50-26-14-25-49(55(50)58)42-31-35-47(36-32-42)57(46-33-29-41(30-34-46)39-15-4-2-5-16-39)48-22-13-19-43(38-48)40-17-6-3-7-18-40/h2-38,58H,1H3. The maximum absolute atomic E-state index is 12.0. The molecule has 0 bridgehead atoms. The molecule has 10 rings (SSSR count). The molecule has 0 saturated heterocycles. The summed E-state index contributed by atoms with van der Waals surface area (Å²) in [6.07, 6.45) is 0. The molecule has 0 heterocycles. The van der Waals surface area contributed by atoms with Gasteiger partial charge in [0.05, 0.1) is 0 Å². The first-order valence-corrected chi connectivity index (χ1v) is 19.9. The Bertz CT molecular complexity index is 2850. The van der Waals surface area contributed by atoms with Crippen LogP contribution in [0.2, 0.25) is 0 Å². The topological polar surface area (TPSA) is 23.5 Å². The van der Waals surface area contributed by atoms with E-state index in [9.17, 15) is 5.11 Å². The summed E-state index contributed by atoms with van der Waals surface area (Å²) in [5.41, 5.74) is 17.4. The third kappa shape index (κ3) is 6.07. The summed E-state index contributed by atoms with van der Waals surface area (Å²) in [5.74, 6) is 0.272. The Morgan fingerprint density at radius 3 is 1.38 bits per heavy atom. The van der Waals surface area contributed by atoms with Crippen molar-refractivity contribution < 1.29 is 5.11 Å². The zero-order valence-electron chi connectivity index (χ0n) is 32.3. The molecule has 2 heteroatoms. The Labute approximate surface area is 340 Å². The van der Waals surface area contributed by atoms with E-state index in [1.807, 2.05) is 24.3 Å². The molecule has 0 radical (unpaired) electrons. The molecule has 0 aliphatic heterocycles. The van der Waals surface area contributed by atoms with E-state index in [2.05, 4.69) is 212 Å². The van der Waals surface area contributed by atoms with Crippen molar-refractivity contribution in [3.05, 3.63) is 241 Å². The molecule has 0 saturated carbocycles. The molecule has 0 atom stereocenters. The summed E-state index contributed by atoms with van der Waals surface area (Å²) in [7, 11) is 0. The van der Waals surface area contributed by atoms with Gasteiger partial charge >= 0.3 is 0 Å². The number of phenols is 1. The highest BCUT2D eigenvalue weighted by molar-refractivity contribution is 5.87. The number of nitrogens with zero attached hydrogens (tertiary/aromatic N) is 1. The van der Waals surface area contributed by atoms with Crippen molar-refractivity contribution in [2.75, 3.05) is 4.90 Å². The van der Waals surface area contributed by atoms with E-state index >= 15 is 0 Å². The first-order valence-electron chi connectivity index (χ1n) is 19.9. The van der Waals surface area contributed by atoms with Crippen LogP contribution < -0.4 is 4.90 Å². The lowest BCUT2D eigenvalue weighted by atomic mass is 9.73. The number of aromatic hydroxyl groups is 1. The first-order chi connectivity index (χ1) is 28.6.